The molecule has 1 N–H and O–H groups in total. The van der Waals surface area contributed by atoms with Gasteiger partial charge in [-0.3, -0.25) is 14.9 Å². The molecule has 3 fully saturated rings. The fourth-order valence-electron chi connectivity index (χ4n) is 5.15. The number of carbonyl (C=O) groups excluding carboxylic acids is 2. The Hall–Kier alpha value is -1.12. The van der Waals surface area contributed by atoms with E-state index in [-0.39, 0.29) is 23.7 Å². The Kier molecular flexibility index (Phi) is 2.58. The van der Waals surface area contributed by atoms with Gasteiger partial charge < -0.3 is 0 Å². The number of fused-ring (bicyclic) bond motifs is 5. The largest absolute Gasteiger partial charge is 0.296 e. The third kappa shape index (κ3) is 1.56. The summed E-state index contributed by atoms with van der Waals surface area (Å²) in [5, 5.41) is 2.62. The molecule has 0 aromatic heterocycles. The van der Waals surface area contributed by atoms with Gasteiger partial charge in [0.1, 0.15) is 0 Å². The van der Waals surface area contributed by atoms with Crippen LogP contribution in [0.2, 0.25) is 0 Å². The summed E-state index contributed by atoms with van der Waals surface area (Å²) in [6.45, 7) is 0. The second-order valence-corrected chi connectivity index (χ2v) is 6.66. The molecule has 0 radical (unpaired) electrons. The van der Waals surface area contributed by atoms with Crippen molar-refractivity contribution in [1.29, 1.82) is 0 Å². The number of amides is 2. The summed E-state index contributed by atoms with van der Waals surface area (Å²) in [4.78, 5) is 24.4. The maximum absolute atomic E-state index is 12.2. The molecule has 3 heteroatoms. The zero-order valence-electron chi connectivity index (χ0n) is 11.3. The van der Waals surface area contributed by atoms with Gasteiger partial charge in [0.25, 0.3) is 0 Å². The molecule has 4 rings (SSSR count). The molecule has 0 bridgehead atoms. The number of hydrogen-bond donors (Lipinski definition) is 1. The van der Waals surface area contributed by atoms with Crippen molar-refractivity contribution >= 4 is 11.8 Å². The molecule has 3 aliphatic carbocycles. The van der Waals surface area contributed by atoms with Crippen LogP contribution in [0.25, 0.3) is 0 Å². The molecule has 3 nitrogen and oxygen atoms in total. The van der Waals surface area contributed by atoms with Crippen LogP contribution >= 0.6 is 0 Å². The Morgan fingerprint density at radius 2 is 1.21 bits per heavy atom. The molecule has 4 aliphatic rings. The average Bonchev–Trinajstić information content (AvgIpc) is 2.75. The number of allylic oxidation sites excluding steroid dienone is 2. The van der Waals surface area contributed by atoms with Gasteiger partial charge in [-0.25, -0.2) is 0 Å². The van der Waals surface area contributed by atoms with E-state index in [2.05, 4.69) is 5.32 Å². The van der Waals surface area contributed by atoms with Gasteiger partial charge in [0, 0.05) is 0 Å². The smallest absolute Gasteiger partial charge is 0.231 e. The predicted octanol–water partition coefficient (Wildman–Crippen LogP) is 2.57. The average molecular weight is 259 g/mol. The molecule has 2 amide bonds. The second-order valence-electron chi connectivity index (χ2n) is 6.66. The number of carbonyl (C=O) groups is 2. The molecular weight excluding hydrogens is 238 g/mol. The Balaban J connectivity index is 1.83. The minimum atomic E-state index is -0.0327. The van der Waals surface area contributed by atoms with E-state index in [4.69, 9.17) is 0 Å². The fraction of sp³-hybridized carbons (Fsp3) is 0.750. The van der Waals surface area contributed by atoms with Crippen LogP contribution in [0.4, 0.5) is 0 Å². The van der Waals surface area contributed by atoms with E-state index in [0.717, 1.165) is 12.8 Å². The number of hydrogen-bond acceptors (Lipinski definition) is 2. The van der Waals surface area contributed by atoms with E-state index in [9.17, 15) is 9.59 Å². The van der Waals surface area contributed by atoms with Crippen molar-refractivity contribution < 1.29 is 9.59 Å². The lowest BCUT2D eigenvalue weighted by molar-refractivity contribution is -0.126. The Morgan fingerprint density at radius 3 is 1.68 bits per heavy atom. The topological polar surface area (TPSA) is 46.2 Å². The first-order chi connectivity index (χ1) is 9.27. The molecule has 4 atom stereocenters. The molecule has 102 valence electrons. The van der Waals surface area contributed by atoms with Crippen LogP contribution in [-0.2, 0) is 9.59 Å². The highest BCUT2D eigenvalue weighted by Crippen LogP contribution is 2.54. The van der Waals surface area contributed by atoms with Gasteiger partial charge in [0.05, 0.1) is 11.8 Å². The van der Waals surface area contributed by atoms with Gasteiger partial charge in [-0.05, 0) is 50.4 Å². The zero-order valence-corrected chi connectivity index (χ0v) is 11.3. The summed E-state index contributed by atoms with van der Waals surface area (Å²) in [5.41, 5.74) is 3.17. The lowest BCUT2D eigenvalue weighted by atomic mass is 9.58. The minimum Gasteiger partial charge on any atom is -0.296 e. The molecule has 1 saturated heterocycles. The highest BCUT2D eigenvalue weighted by molar-refractivity contribution is 6.06. The maximum Gasteiger partial charge on any atom is 0.231 e. The summed E-state index contributed by atoms with van der Waals surface area (Å²) >= 11 is 0. The maximum atomic E-state index is 12.2. The molecule has 1 heterocycles. The van der Waals surface area contributed by atoms with Crippen LogP contribution in [0, 0.1) is 23.7 Å². The van der Waals surface area contributed by atoms with Gasteiger partial charge in [-0.2, -0.15) is 0 Å². The van der Waals surface area contributed by atoms with Gasteiger partial charge in [0.15, 0.2) is 0 Å². The number of imide groups is 1. The molecular formula is C16H21NO2. The van der Waals surface area contributed by atoms with Crippen LogP contribution in [0.15, 0.2) is 11.1 Å². The molecule has 0 unspecified atom stereocenters. The third-order valence-corrected chi connectivity index (χ3v) is 5.84. The van der Waals surface area contributed by atoms with Crippen molar-refractivity contribution in [1.82, 2.24) is 5.32 Å². The highest BCUT2D eigenvalue weighted by atomic mass is 16.2. The summed E-state index contributed by atoms with van der Waals surface area (Å²) in [6.07, 6.45) is 9.58. The van der Waals surface area contributed by atoms with Crippen LogP contribution in [-0.4, -0.2) is 11.8 Å². The van der Waals surface area contributed by atoms with Crippen LogP contribution in [0.1, 0.15) is 51.4 Å². The van der Waals surface area contributed by atoms with Crippen molar-refractivity contribution in [2.24, 2.45) is 23.7 Å². The van der Waals surface area contributed by atoms with Gasteiger partial charge >= 0.3 is 0 Å². The monoisotopic (exact) mass is 259 g/mol. The molecule has 0 aromatic rings. The number of nitrogens with one attached hydrogen (secondary N) is 1. The molecule has 2 saturated carbocycles. The molecule has 0 spiro atoms. The Bertz CT molecular complexity index is 437. The Labute approximate surface area is 113 Å². The molecule has 19 heavy (non-hydrogen) atoms. The SMILES string of the molecule is O=C1NC(=O)[C@H]2[C@@H]1[C@@H]1CCCCC1=C1CCCC[C@@H]12. The van der Waals surface area contributed by atoms with E-state index in [1.807, 2.05) is 0 Å². The normalized spacial score (nSPS) is 41.5. The fourth-order valence-corrected chi connectivity index (χ4v) is 5.15. The lowest BCUT2D eigenvalue weighted by Crippen LogP contribution is -2.41. The van der Waals surface area contributed by atoms with E-state index < -0.39 is 0 Å². The first-order valence-corrected chi connectivity index (χ1v) is 7.84. The summed E-state index contributed by atoms with van der Waals surface area (Å²) < 4.78 is 0. The first-order valence-electron chi connectivity index (χ1n) is 7.84. The predicted molar refractivity (Wildman–Crippen MR) is 71.1 cm³/mol. The Morgan fingerprint density at radius 1 is 0.737 bits per heavy atom. The highest BCUT2D eigenvalue weighted by Gasteiger charge is 2.54. The quantitative estimate of drug-likeness (QED) is 0.537. The van der Waals surface area contributed by atoms with Crippen molar-refractivity contribution in [2.45, 2.75) is 51.4 Å². The lowest BCUT2D eigenvalue weighted by Gasteiger charge is -2.44. The molecule has 1 aliphatic heterocycles. The van der Waals surface area contributed by atoms with Crippen LogP contribution < -0.4 is 5.32 Å². The zero-order chi connectivity index (χ0) is 13.0. The van der Waals surface area contributed by atoms with E-state index in [1.165, 1.54) is 38.5 Å². The number of rotatable bonds is 0. The van der Waals surface area contributed by atoms with Crippen LogP contribution in [0.5, 0.6) is 0 Å². The summed E-state index contributed by atoms with van der Waals surface area (Å²) in [5.74, 6) is 0.737. The molecule has 0 aromatic carbocycles. The first kappa shape index (κ1) is 11.7. The van der Waals surface area contributed by atoms with Gasteiger partial charge in [-0.1, -0.05) is 24.0 Å². The summed E-state index contributed by atoms with van der Waals surface area (Å²) in [6, 6.07) is 0. The minimum absolute atomic E-state index is 0.0176. The van der Waals surface area contributed by atoms with Gasteiger partial charge in [0.2, 0.25) is 11.8 Å². The van der Waals surface area contributed by atoms with Crippen molar-refractivity contribution in [3.63, 3.8) is 0 Å². The van der Waals surface area contributed by atoms with Crippen molar-refractivity contribution in [3.05, 3.63) is 11.1 Å². The van der Waals surface area contributed by atoms with Gasteiger partial charge in [-0.15, -0.1) is 0 Å². The van der Waals surface area contributed by atoms with E-state index in [1.54, 1.807) is 11.1 Å². The van der Waals surface area contributed by atoms with E-state index in [0.29, 0.717) is 11.8 Å². The summed E-state index contributed by atoms with van der Waals surface area (Å²) in [7, 11) is 0. The second kappa shape index (κ2) is 4.19. The van der Waals surface area contributed by atoms with E-state index >= 15 is 0 Å². The third-order valence-electron chi connectivity index (χ3n) is 5.84. The van der Waals surface area contributed by atoms with Crippen molar-refractivity contribution in [2.75, 3.05) is 0 Å². The van der Waals surface area contributed by atoms with Crippen molar-refractivity contribution in [3.8, 4) is 0 Å². The van der Waals surface area contributed by atoms with Crippen LogP contribution in [0.3, 0.4) is 0 Å². The standard InChI is InChI=1S/C16H21NO2/c18-15-13-11-7-3-1-5-9(11)10-6-2-4-8-12(10)14(13)16(19)17-15/h11-14H,1-8H2,(H,17,18,19)/t11-,12+,13+,14-.